The lowest BCUT2D eigenvalue weighted by atomic mass is 10.1. The minimum absolute atomic E-state index is 0.0128. The fourth-order valence-corrected chi connectivity index (χ4v) is 1.30. The number of carbonyl (C=O) groups is 1. The van der Waals surface area contributed by atoms with Gasteiger partial charge in [-0.3, -0.25) is 4.79 Å². The third-order valence-electron chi connectivity index (χ3n) is 2.33. The van der Waals surface area contributed by atoms with E-state index in [0.717, 1.165) is 5.71 Å². The molecule has 0 fully saturated rings. The maximum Gasteiger partial charge on any atom is 0.257 e. The van der Waals surface area contributed by atoms with Crippen LogP contribution in [-0.2, 0) is 4.79 Å². The number of hydrogen-bond donors (Lipinski definition) is 0. The first-order valence-corrected chi connectivity index (χ1v) is 4.50. The standard InChI is InChI=1S/C10H11N3O/c1-7-8(2)12-13(10(7)14)9-5-3-4-6-11-9/h3-7H,1-2H3. The minimum Gasteiger partial charge on any atom is -0.272 e. The van der Waals surface area contributed by atoms with Crippen LogP contribution in [0.15, 0.2) is 29.5 Å². The van der Waals surface area contributed by atoms with Gasteiger partial charge in [0.1, 0.15) is 0 Å². The number of carbonyl (C=O) groups excluding carboxylic acids is 1. The lowest BCUT2D eigenvalue weighted by Gasteiger charge is -2.10. The molecule has 0 aliphatic carbocycles. The van der Waals surface area contributed by atoms with Gasteiger partial charge < -0.3 is 0 Å². The number of rotatable bonds is 1. The Morgan fingerprint density at radius 1 is 1.43 bits per heavy atom. The van der Waals surface area contributed by atoms with Crippen LogP contribution in [0.2, 0.25) is 0 Å². The smallest absolute Gasteiger partial charge is 0.257 e. The molecule has 0 aromatic carbocycles. The van der Waals surface area contributed by atoms with Gasteiger partial charge in [-0.1, -0.05) is 6.07 Å². The van der Waals surface area contributed by atoms with Gasteiger partial charge in [0.2, 0.25) is 0 Å². The van der Waals surface area contributed by atoms with Crippen LogP contribution < -0.4 is 5.01 Å². The van der Waals surface area contributed by atoms with Gasteiger partial charge in [-0.05, 0) is 26.0 Å². The molecule has 1 amide bonds. The van der Waals surface area contributed by atoms with E-state index in [0.29, 0.717) is 5.82 Å². The zero-order chi connectivity index (χ0) is 10.1. The van der Waals surface area contributed by atoms with Crippen molar-refractivity contribution < 1.29 is 4.79 Å². The summed E-state index contributed by atoms with van der Waals surface area (Å²) in [6.07, 6.45) is 1.65. The normalized spacial score (nSPS) is 21.3. The molecule has 0 N–H and O–H groups in total. The summed E-state index contributed by atoms with van der Waals surface area (Å²) in [6.45, 7) is 3.70. The molecule has 1 atom stereocenters. The summed E-state index contributed by atoms with van der Waals surface area (Å²) in [5, 5.41) is 5.52. The second-order valence-corrected chi connectivity index (χ2v) is 3.30. The van der Waals surface area contributed by atoms with Crippen LogP contribution in [0.25, 0.3) is 0 Å². The quantitative estimate of drug-likeness (QED) is 0.671. The monoisotopic (exact) mass is 189 g/mol. The molecule has 1 aliphatic heterocycles. The predicted molar refractivity (Wildman–Crippen MR) is 54.0 cm³/mol. The lowest BCUT2D eigenvalue weighted by molar-refractivity contribution is -0.119. The second-order valence-electron chi connectivity index (χ2n) is 3.30. The first-order valence-electron chi connectivity index (χ1n) is 4.50. The van der Waals surface area contributed by atoms with Crippen molar-refractivity contribution in [2.24, 2.45) is 11.0 Å². The molecular formula is C10H11N3O. The van der Waals surface area contributed by atoms with Crippen LogP contribution >= 0.6 is 0 Å². The molecule has 1 aromatic heterocycles. The summed E-state index contributed by atoms with van der Waals surface area (Å²) < 4.78 is 0. The van der Waals surface area contributed by atoms with Gasteiger partial charge in [0.25, 0.3) is 5.91 Å². The van der Waals surface area contributed by atoms with Crippen molar-refractivity contribution in [2.45, 2.75) is 13.8 Å². The van der Waals surface area contributed by atoms with Crippen molar-refractivity contribution in [3.63, 3.8) is 0 Å². The van der Waals surface area contributed by atoms with Gasteiger partial charge in [-0.25, -0.2) is 4.98 Å². The molecule has 0 bridgehead atoms. The van der Waals surface area contributed by atoms with Crippen LogP contribution in [0.5, 0.6) is 0 Å². The Labute approximate surface area is 82.3 Å². The first kappa shape index (κ1) is 8.87. The van der Waals surface area contributed by atoms with E-state index in [1.165, 1.54) is 5.01 Å². The Morgan fingerprint density at radius 2 is 2.21 bits per heavy atom. The molecule has 1 unspecified atom stereocenters. The number of amides is 1. The van der Waals surface area contributed by atoms with Crippen LogP contribution in [0.1, 0.15) is 13.8 Å². The highest BCUT2D eigenvalue weighted by Crippen LogP contribution is 2.20. The van der Waals surface area contributed by atoms with Gasteiger partial charge in [0, 0.05) is 11.9 Å². The van der Waals surface area contributed by atoms with Crippen LogP contribution in [-0.4, -0.2) is 16.6 Å². The summed E-state index contributed by atoms with van der Waals surface area (Å²) in [7, 11) is 0. The SMILES string of the molecule is CC1=NN(c2ccccn2)C(=O)C1C. The van der Waals surface area contributed by atoms with Crippen molar-refractivity contribution in [2.75, 3.05) is 5.01 Å². The molecular weight excluding hydrogens is 178 g/mol. The molecule has 72 valence electrons. The lowest BCUT2D eigenvalue weighted by Crippen LogP contribution is -2.25. The Balaban J connectivity index is 2.35. The molecule has 4 heteroatoms. The van der Waals surface area contributed by atoms with E-state index in [2.05, 4.69) is 10.1 Å². The van der Waals surface area contributed by atoms with Crippen LogP contribution in [0.3, 0.4) is 0 Å². The number of nitrogens with zero attached hydrogens (tertiary/aromatic N) is 3. The average Bonchev–Trinajstić information content (AvgIpc) is 2.47. The predicted octanol–water partition coefficient (Wildman–Crippen LogP) is 1.44. The summed E-state index contributed by atoms with van der Waals surface area (Å²) in [6, 6.07) is 5.42. The van der Waals surface area contributed by atoms with Gasteiger partial charge >= 0.3 is 0 Å². The summed E-state index contributed by atoms with van der Waals surface area (Å²) >= 11 is 0. The molecule has 14 heavy (non-hydrogen) atoms. The Morgan fingerprint density at radius 3 is 2.71 bits per heavy atom. The van der Waals surface area contributed by atoms with E-state index in [1.807, 2.05) is 26.0 Å². The Kier molecular flexibility index (Phi) is 2.04. The maximum atomic E-state index is 11.7. The summed E-state index contributed by atoms with van der Waals surface area (Å²) in [4.78, 5) is 15.8. The highest BCUT2D eigenvalue weighted by molar-refractivity contribution is 6.14. The van der Waals surface area contributed by atoms with Gasteiger partial charge in [0.05, 0.1) is 5.92 Å². The van der Waals surface area contributed by atoms with E-state index in [-0.39, 0.29) is 11.8 Å². The fraction of sp³-hybridized carbons (Fsp3) is 0.300. The average molecular weight is 189 g/mol. The number of hydrogen-bond acceptors (Lipinski definition) is 3. The van der Waals surface area contributed by atoms with Gasteiger partial charge in [-0.2, -0.15) is 10.1 Å². The van der Waals surface area contributed by atoms with E-state index in [1.54, 1.807) is 12.3 Å². The molecule has 0 saturated carbocycles. The number of pyridine rings is 1. The Hall–Kier alpha value is -1.71. The van der Waals surface area contributed by atoms with E-state index in [4.69, 9.17) is 0 Å². The second kappa shape index (κ2) is 3.21. The van der Waals surface area contributed by atoms with Gasteiger partial charge in [0.15, 0.2) is 5.82 Å². The highest BCUT2D eigenvalue weighted by Gasteiger charge is 2.30. The molecule has 2 heterocycles. The third-order valence-corrected chi connectivity index (χ3v) is 2.33. The molecule has 4 nitrogen and oxygen atoms in total. The van der Waals surface area contributed by atoms with Crippen molar-refractivity contribution in [3.05, 3.63) is 24.4 Å². The molecule has 2 rings (SSSR count). The maximum absolute atomic E-state index is 11.7. The zero-order valence-electron chi connectivity index (χ0n) is 8.14. The van der Waals surface area contributed by atoms with Gasteiger partial charge in [-0.15, -0.1) is 0 Å². The van der Waals surface area contributed by atoms with E-state index >= 15 is 0 Å². The minimum atomic E-state index is -0.128. The van der Waals surface area contributed by atoms with Crippen molar-refractivity contribution in [1.82, 2.24) is 4.98 Å². The number of hydrazone groups is 1. The van der Waals surface area contributed by atoms with Crippen molar-refractivity contribution >= 4 is 17.4 Å². The van der Waals surface area contributed by atoms with E-state index in [9.17, 15) is 4.79 Å². The first-order chi connectivity index (χ1) is 6.70. The molecule has 1 aromatic rings. The Bertz CT molecular complexity index is 386. The summed E-state index contributed by atoms with van der Waals surface area (Å²) in [5.41, 5.74) is 0.834. The largest absolute Gasteiger partial charge is 0.272 e. The van der Waals surface area contributed by atoms with Crippen molar-refractivity contribution in [1.29, 1.82) is 0 Å². The third kappa shape index (κ3) is 1.28. The van der Waals surface area contributed by atoms with Crippen LogP contribution in [0, 0.1) is 5.92 Å². The molecule has 1 aliphatic rings. The number of anilines is 1. The topological polar surface area (TPSA) is 45.6 Å². The summed E-state index contributed by atoms with van der Waals surface area (Å²) in [5.74, 6) is 0.444. The molecule has 0 spiro atoms. The molecule has 0 radical (unpaired) electrons. The fourth-order valence-electron chi connectivity index (χ4n) is 1.30. The highest BCUT2D eigenvalue weighted by atomic mass is 16.2. The van der Waals surface area contributed by atoms with Crippen LogP contribution in [0.4, 0.5) is 5.82 Å². The van der Waals surface area contributed by atoms with E-state index < -0.39 is 0 Å². The zero-order valence-corrected chi connectivity index (χ0v) is 8.14. The number of aromatic nitrogens is 1. The molecule has 0 saturated heterocycles. The van der Waals surface area contributed by atoms with Crippen molar-refractivity contribution in [3.8, 4) is 0 Å².